The molecule has 0 saturated carbocycles. The zero-order valence-corrected chi connectivity index (χ0v) is 14.2. The molecular formula is C19H19FN4O2. The lowest BCUT2D eigenvalue weighted by Gasteiger charge is -2.32. The van der Waals surface area contributed by atoms with Crippen molar-refractivity contribution in [3.05, 3.63) is 60.1 Å². The maximum absolute atomic E-state index is 13.8. The van der Waals surface area contributed by atoms with Gasteiger partial charge in [-0.2, -0.15) is 0 Å². The van der Waals surface area contributed by atoms with Crippen LogP contribution in [-0.2, 0) is 11.2 Å². The van der Waals surface area contributed by atoms with Crippen molar-refractivity contribution in [2.24, 2.45) is 0 Å². The van der Waals surface area contributed by atoms with Gasteiger partial charge in [0, 0.05) is 30.4 Å². The first-order chi connectivity index (χ1) is 12.7. The summed E-state index contributed by atoms with van der Waals surface area (Å²) in [6, 6.07) is 8.38. The van der Waals surface area contributed by atoms with Crippen molar-refractivity contribution >= 4 is 16.8 Å². The third-order valence-electron chi connectivity index (χ3n) is 4.63. The van der Waals surface area contributed by atoms with Gasteiger partial charge in [-0.25, -0.2) is 14.4 Å². The van der Waals surface area contributed by atoms with Crippen molar-refractivity contribution in [2.45, 2.75) is 18.9 Å². The van der Waals surface area contributed by atoms with E-state index in [9.17, 15) is 9.18 Å². The van der Waals surface area contributed by atoms with Gasteiger partial charge in [-0.15, -0.1) is 0 Å². The summed E-state index contributed by atoms with van der Waals surface area (Å²) in [5.41, 5.74) is 1.73. The summed E-state index contributed by atoms with van der Waals surface area (Å²) in [5.74, 6) is -0.484. The van der Waals surface area contributed by atoms with Gasteiger partial charge in [-0.1, -0.05) is 12.1 Å². The summed E-state index contributed by atoms with van der Waals surface area (Å²) in [6.45, 7) is 1.54. The van der Waals surface area contributed by atoms with Crippen molar-refractivity contribution < 1.29 is 13.9 Å². The molecule has 1 atom stereocenters. The van der Waals surface area contributed by atoms with Crippen LogP contribution in [0.2, 0.25) is 0 Å². The minimum absolute atomic E-state index is 0.0382. The van der Waals surface area contributed by atoms with Gasteiger partial charge in [0.1, 0.15) is 17.8 Å². The highest BCUT2D eigenvalue weighted by Crippen LogP contribution is 2.20. The van der Waals surface area contributed by atoms with Crippen molar-refractivity contribution in [1.82, 2.24) is 19.9 Å². The fourth-order valence-corrected chi connectivity index (χ4v) is 3.26. The molecule has 6 nitrogen and oxygen atoms in total. The molecule has 3 aromatic rings. The maximum atomic E-state index is 13.8. The van der Waals surface area contributed by atoms with Crippen molar-refractivity contribution in [3.8, 4) is 0 Å². The smallest absolute Gasteiger partial charge is 0.270 e. The molecule has 1 aromatic carbocycles. The Kier molecular flexibility index (Phi) is 4.62. The Labute approximate surface area is 150 Å². The number of amides is 1. The van der Waals surface area contributed by atoms with Crippen LogP contribution >= 0.6 is 0 Å². The average molecular weight is 354 g/mol. The molecule has 3 heterocycles. The Bertz CT molecular complexity index is 912. The predicted octanol–water partition coefficient (Wildman–Crippen LogP) is 2.57. The number of morpholine rings is 1. The van der Waals surface area contributed by atoms with Gasteiger partial charge in [0.05, 0.1) is 18.2 Å². The molecule has 1 aliphatic rings. The second-order valence-corrected chi connectivity index (χ2v) is 6.37. The van der Waals surface area contributed by atoms with Crippen molar-refractivity contribution in [1.29, 1.82) is 0 Å². The molecule has 1 N–H and O–H groups in total. The molecule has 26 heavy (non-hydrogen) atoms. The van der Waals surface area contributed by atoms with E-state index in [2.05, 4.69) is 15.0 Å². The van der Waals surface area contributed by atoms with E-state index in [4.69, 9.17) is 4.74 Å². The number of ether oxygens (including phenoxy) is 1. The SMILES string of the molecule is O=C(c1cc2cccc(F)c2[nH]1)N1CCOC(CCc2ccncn2)C1. The Morgan fingerprint density at radius 1 is 1.38 bits per heavy atom. The zero-order valence-electron chi connectivity index (χ0n) is 14.2. The van der Waals surface area contributed by atoms with Crippen molar-refractivity contribution in [3.63, 3.8) is 0 Å². The van der Waals surface area contributed by atoms with E-state index in [1.54, 1.807) is 29.3 Å². The zero-order chi connectivity index (χ0) is 17.9. The van der Waals surface area contributed by atoms with E-state index in [1.807, 2.05) is 6.07 Å². The molecule has 1 amide bonds. The average Bonchev–Trinajstić information content (AvgIpc) is 3.13. The number of hydrogen-bond acceptors (Lipinski definition) is 4. The van der Waals surface area contributed by atoms with Crippen LogP contribution in [0.25, 0.3) is 10.9 Å². The Hall–Kier alpha value is -2.80. The van der Waals surface area contributed by atoms with E-state index in [0.717, 1.165) is 18.5 Å². The molecule has 0 spiro atoms. The first-order valence-electron chi connectivity index (χ1n) is 8.64. The van der Waals surface area contributed by atoms with E-state index in [0.29, 0.717) is 36.3 Å². The molecule has 2 aromatic heterocycles. The minimum atomic E-state index is -0.355. The number of carbonyl (C=O) groups excluding carboxylic acids is 1. The summed E-state index contributed by atoms with van der Waals surface area (Å²) in [5, 5.41) is 0.696. The molecule has 1 saturated heterocycles. The second kappa shape index (κ2) is 7.21. The van der Waals surface area contributed by atoms with E-state index < -0.39 is 0 Å². The van der Waals surface area contributed by atoms with E-state index in [-0.39, 0.29) is 17.8 Å². The van der Waals surface area contributed by atoms with Crippen LogP contribution in [0.4, 0.5) is 4.39 Å². The molecule has 7 heteroatoms. The number of halogens is 1. The fraction of sp³-hybridized carbons (Fsp3) is 0.316. The van der Waals surface area contributed by atoms with Gasteiger partial charge < -0.3 is 14.6 Å². The van der Waals surface area contributed by atoms with Crippen LogP contribution in [-0.4, -0.2) is 51.6 Å². The fourth-order valence-electron chi connectivity index (χ4n) is 3.26. The highest BCUT2D eigenvalue weighted by atomic mass is 19.1. The number of hydrogen-bond donors (Lipinski definition) is 1. The largest absolute Gasteiger partial charge is 0.375 e. The third kappa shape index (κ3) is 3.43. The lowest BCUT2D eigenvalue weighted by Crippen LogP contribution is -2.45. The number of rotatable bonds is 4. The van der Waals surface area contributed by atoms with Crippen LogP contribution in [0, 0.1) is 5.82 Å². The lowest BCUT2D eigenvalue weighted by atomic mass is 10.1. The van der Waals surface area contributed by atoms with Crippen LogP contribution in [0.15, 0.2) is 42.9 Å². The van der Waals surface area contributed by atoms with Gasteiger partial charge in [-0.05, 0) is 31.0 Å². The number of nitrogens with zero attached hydrogens (tertiary/aromatic N) is 3. The van der Waals surface area contributed by atoms with E-state index in [1.165, 1.54) is 12.4 Å². The van der Waals surface area contributed by atoms with Crippen LogP contribution in [0.3, 0.4) is 0 Å². The highest BCUT2D eigenvalue weighted by Gasteiger charge is 2.26. The number of fused-ring (bicyclic) bond motifs is 1. The molecule has 1 aliphatic heterocycles. The number of aromatic nitrogens is 3. The van der Waals surface area contributed by atoms with Gasteiger partial charge >= 0.3 is 0 Å². The van der Waals surface area contributed by atoms with Crippen LogP contribution in [0.5, 0.6) is 0 Å². The predicted molar refractivity (Wildman–Crippen MR) is 94.3 cm³/mol. The topological polar surface area (TPSA) is 71.1 Å². The molecule has 0 aliphatic carbocycles. The summed E-state index contributed by atoms with van der Waals surface area (Å²) in [7, 11) is 0. The first-order valence-corrected chi connectivity index (χ1v) is 8.64. The molecule has 1 fully saturated rings. The number of aryl methyl sites for hydroxylation is 1. The van der Waals surface area contributed by atoms with E-state index >= 15 is 0 Å². The van der Waals surface area contributed by atoms with Crippen LogP contribution in [0.1, 0.15) is 22.6 Å². The number of carbonyl (C=O) groups is 1. The second-order valence-electron chi connectivity index (χ2n) is 6.37. The molecule has 134 valence electrons. The number of aromatic amines is 1. The maximum Gasteiger partial charge on any atom is 0.270 e. The third-order valence-corrected chi connectivity index (χ3v) is 4.63. The molecular weight excluding hydrogens is 335 g/mol. The number of nitrogens with one attached hydrogen (secondary N) is 1. The summed E-state index contributed by atoms with van der Waals surface area (Å²) >= 11 is 0. The Morgan fingerprint density at radius 2 is 2.31 bits per heavy atom. The standard InChI is InChI=1S/C19H19FN4O2/c20-16-3-1-2-13-10-17(23-18(13)16)19(25)24-8-9-26-15(11-24)5-4-14-6-7-21-12-22-14/h1-3,6-7,10,12,15,23H,4-5,8-9,11H2. The quantitative estimate of drug-likeness (QED) is 0.782. The van der Waals surface area contributed by atoms with Gasteiger partial charge in [0.2, 0.25) is 0 Å². The minimum Gasteiger partial charge on any atom is -0.375 e. The Balaban J connectivity index is 1.43. The molecule has 0 radical (unpaired) electrons. The first kappa shape index (κ1) is 16.7. The number of para-hydroxylation sites is 1. The number of H-pyrrole nitrogens is 1. The number of benzene rings is 1. The molecule has 1 unspecified atom stereocenters. The summed E-state index contributed by atoms with van der Waals surface area (Å²) in [6.07, 6.45) is 4.76. The van der Waals surface area contributed by atoms with Gasteiger partial charge in [0.15, 0.2) is 0 Å². The molecule has 0 bridgehead atoms. The Morgan fingerprint density at radius 3 is 3.12 bits per heavy atom. The van der Waals surface area contributed by atoms with Gasteiger partial charge in [-0.3, -0.25) is 4.79 Å². The normalized spacial score (nSPS) is 17.6. The highest BCUT2D eigenvalue weighted by molar-refractivity contribution is 5.98. The summed E-state index contributed by atoms with van der Waals surface area (Å²) < 4.78 is 19.6. The molecule has 4 rings (SSSR count). The lowest BCUT2D eigenvalue weighted by molar-refractivity contribution is -0.0248. The summed E-state index contributed by atoms with van der Waals surface area (Å²) in [4.78, 5) is 25.6. The van der Waals surface area contributed by atoms with Crippen LogP contribution < -0.4 is 0 Å². The van der Waals surface area contributed by atoms with Gasteiger partial charge in [0.25, 0.3) is 5.91 Å². The monoisotopic (exact) mass is 354 g/mol. The van der Waals surface area contributed by atoms with Crippen molar-refractivity contribution in [2.75, 3.05) is 19.7 Å².